The first-order valence-corrected chi connectivity index (χ1v) is 13.1. The van der Waals surface area contributed by atoms with Gasteiger partial charge in [-0.15, -0.1) is 11.3 Å². The molecule has 4 aliphatic rings. The number of aromatic nitrogens is 1. The van der Waals surface area contributed by atoms with Crippen molar-refractivity contribution in [3.63, 3.8) is 0 Å². The Balaban J connectivity index is 1.30. The van der Waals surface area contributed by atoms with Crippen molar-refractivity contribution in [1.29, 1.82) is 0 Å². The predicted molar refractivity (Wildman–Crippen MR) is 125 cm³/mol. The van der Waals surface area contributed by atoms with Gasteiger partial charge < -0.3 is 4.74 Å². The van der Waals surface area contributed by atoms with Gasteiger partial charge in [0.15, 0.2) is 16.2 Å². The minimum absolute atomic E-state index is 0.0239. The van der Waals surface area contributed by atoms with Crippen molar-refractivity contribution in [2.45, 2.75) is 67.7 Å². The van der Waals surface area contributed by atoms with E-state index in [0.29, 0.717) is 27.0 Å². The van der Waals surface area contributed by atoms with Crippen LogP contribution in [-0.4, -0.2) is 27.8 Å². The normalized spacial score (nSPS) is 28.5. The van der Waals surface area contributed by atoms with Gasteiger partial charge in [0.25, 0.3) is 5.69 Å². The SMILES string of the molecule is Cc1csc(Sc2ccc(C(=O)OC(C)C(=O)C34CC5CC(CC(C5)C3)C4)cc2[N+](=O)[O-])n1. The van der Waals surface area contributed by atoms with Crippen molar-refractivity contribution in [1.82, 2.24) is 4.98 Å². The number of hydrogen-bond acceptors (Lipinski definition) is 8. The van der Waals surface area contributed by atoms with Crippen molar-refractivity contribution < 1.29 is 19.2 Å². The number of benzene rings is 1. The maximum atomic E-state index is 13.4. The Kier molecular flexibility index (Phi) is 5.81. The Hall–Kier alpha value is -2.26. The molecule has 0 spiro atoms. The third-order valence-electron chi connectivity index (χ3n) is 7.40. The van der Waals surface area contributed by atoms with Gasteiger partial charge in [-0.3, -0.25) is 14.9 Å². The van der Waals surface area contributed by atoms with E-state index in [9.17, 15) is 19.7 Å². The highest BCUT2D eigenvalue weighted by atomic mass is 32.2. The zero-order valence-electron chi connectivity index (χ0n) is 18.6. The number of ketones is 1. The molecular formula is C24H26N2O5S2. The molecule has 1 heterocycles. The summed E-state index contributed by atoms with van der Waals surface area (Å²) in [5.74, 6) is 1.19. The van der Waals surface area contributed by atoms with Crippen LogP contribution in [0.15, 0.2) is 32.8 Å². The molecule has 9 heteroatoms. The summed E-state index contributed by atoms with van der Waals surface area (Å²) in [5.41, 5.74) is 0.393. The molecule has 33 heavy (non-hydrogen) atoms. The first-order chi connectivity index (χ1) is 15.7. The van der Waals surface area contributed by atoms with E-state index < -0.39 is 17.0 Å². The number of esters is 1. The summed E-state index contributed by atoms with van der Waals surface area (Å²) in [6.45, 7) is 3.50. The predicted octanol–water partition coefficient (Wildman–Crippen LogP) is 5.84. The zero-order chi connectivity index (χ0) is 23.3. The van der Waals surface area contributed by atoms with E-state index in [0.717, 1.165) is 25.0 Å². The van der Waals surface area contributed by atoms with Crippen molar-refractivity contribution in [2.24, 2.45) is 23.2 Å². The van der Waals surface area contributed by atoms with Crippen molar-refractivity contribution in [3.8, 4) is 0 Å². The minimum atomic E-state index is -0.861. The molecule has 0 aliphatic heterocycles. The van der Waals surface area contributed by atoms with E-state index in [1.54, 1.807) is 13.0 Å². The Morgan fingerprint density at radius 3 is 2.39 bits per heavy atom. The van der Waals surface area contributed by atoms with Gasteiger partial charge in [0.1, 0.15) is 0 Å². The Bertz CT molecular complexity index is 1090. The zero-order valence-corrected chi connectivity index (χ0v) is 20.2. The summed E-state index contributed by atoms with van der Waals surface area (Å²) in [4.78, 5) is 42.1. The fourth-order valence-corrected chi connectivity index (χ4v) is 8.35. The van der Waals surface area contributed by atoms with E-state index in [2.05, 4.69) is 4.98 Å². The summed E-state index contributed by atoms with van der Waals surface area (Å²) in [6.07, 6.45) is 5.56. The number of thiazole rings is 1. The first-order valence-electron chi connectivity index (χ1n) is 11.4. The fourth-order valence-electron chi connectivity index (χ4n) is 6.47. The largest absolute Gasteiger partial charge is 0.451 e. The van der Waals surface area contributed by atoms with Gasteiger partial charge in [0, 0.05) is 22.6 Å². The molecule has 4 aliphatic carbocycles. The second kappa shape index (κ2) is 8.51. The Labute approximate surface area is 200 Å². The molecule has 4 fully saturated rings. The quantitative estimate of drug-likeness (QED) is 0.275. The van der Waals surface area contributed by atoms with Crippen molar-refractivity contribution in [3.05, 3.63) is 45.0 Å². The van der Waals surface area contributed by atoms with Crippen LogP contribution in [0.2, 0.25) is 0 Å². The summed E-state index contributed by atoms with van der Waals surface area (Å²) < 4.78 is 6.25. The third-order valence-corrected chi connectivity index (χ3v) is 9.52. The fraction of sp³-hybridized carbons (Fsp3) is 0.542. The van der Waals surface area contributed by atoms with E-state index in [1.807, 2.05) is 12.3 Å². The molecule has 0 amide bonds. The van der Waals surface area contributed by atoms with Gasteiger partial charge in [0.2, 0.25) is 0 Å². The highest BCUT2D eigenvalue weighted by Crippen LogP contribution is 2.60. The van der Waals surface area contributed by atoms with Crippen LogP contribution in [0.4, 0.5) is 5.69 Å². The summed E-state index contributed by atoms with van der Waals surface area (Å²) in [5, 5.41) is 13.5. The Morgan fingerprint density at radius 1 is 1.21 bits per heavy atom. The number of rotatable bonds is 7. The summed E-state index contributed by atoms with van der Waals surface area (Å²) in [6, 6.07) is 4.29. The number of carbonyl (C=O) groups is 2. The smallest absolute Gasteiger partial charge is 0.339 e. The number of nitro benzene ring substituents is 1. The number of ether oxygens (including phenoxy) is 1. The molecule has 174 valence electrons. The number of hydrogen-bond donors (Lipinski definition) is 0. The molecular weight excluding hydrogens is 460 g/mol. The number of aryl methyl sites for hydroxylation is 1. The van der Waals surface area contributed by atoms with Crippen LogP contribution >= 0.6 is 23.1 Å². The molecule has 0 saturated heterocycles. The van der Waals surface area contributed by atoms with E-state index in [4.69, 9.17) is 4.74 Å². The van der Waals surface area contributed by atoms with E-state index in [-0.39, 0.29) is 22.4 Å². The van der Waals surface area contributed by atoms with E-state index >= 15 is 0 Å². The van der Waals surface area contributed by atoms with Gasteiger partial charge in [-0.2, -0.15) is 0 Å². The van der Waals surface area contributed by atoms with Crippen LogP contribution in [0.25, 0.3) is 0 Å². The van der Waals surface area contributed by atoms with Crippen LogP contribution in [0, 0.1) is 40.2 Å². The number of nitrogens with zero attached hydrogens (tertiary/aromatic N) is 2. The van der Waals surface area contributed by atoms with Crippen LogP contribution < -0.4 is 0 Å². The van der Waals surface area contributed by atoms with Gasteiger partial charge in [0.05, 0.1) is 15.4 Å². The molecule has 0 N–H and O–H groups in total. The first kappa shape index (κ1) is 22.5. The van der Waals surface area contributed by atoms with Crippen molar-refractivity contribution in [2.75, 3.05) is 0 Å². The van der Waals surface area contributed by atoms with Gasteiger partial charge in [-0.1, -0.05) is 11.8 Å². The summed E-state index contributed by atoms with van der Waals surface area (Å²) >= 11 is 2.60. The number of nitro groups is 1. The van der Waals surface area contributed by atoms with Gasteiger partial charge >= 0.3 is 5.97 Å². The molecule has 6 rings (SSSR count). The highest BCUT2D eigenvalue weighted by molar-refractivity contribution is 8.01. The third kappa shape index (κ3) is 4.33. The molecule has 1 unspecified atom stereocenters. The standard InChI is InChI=1S/C24H26N2O5S2/c1-13-12-32-23(25-13)33-20-4-3-18(8-19(20)26(29)30)22(28)31-14(2)21(27)24-9-15-5-16(10-24)7-17(6-15)11-24/h3-4,8,12,14-17H,5-7,9-11H2,1-2H3. The molecule has 2 aromatic rings. The van der Waals surface area contributed by atoms with Crippen LogP contribution in [0.5, 0.6) is 0 Å². The lowest BCUT2D eigenvalue weighted by atomic mass is 9.48. The molecule has 1 atom stereocenters. The molecule has 4 saturated carbocycles. The molecule has 4 bridgehead atoms. The second-order valence-corrected chi connectivity index (χ2v) is 12.1. The average Bonchev–Trinajstić information content (AvgIpc) is 3.16. The maximum Gasteiger partial charge on any atom is 0.339 e. The molecule has 0 radical (unpaired) electrons. The van der Waals surface area contributed by atoms with Crippen LogP contribution in [0.3, 0.4) is 0 Å². The molecule has 1 aromatic heterocycles. The highest BCUT2D eigenvalue weighted by Gasteiger charge is 2.55. The number of Topliss-reactive ketones (excluding diaryl/α,β-unsaturated/α-hetero) is 1. The topological polar surface area (TPSA) is 99.4 Å². The lowest BCUT2D eigenvalue weighted by molar-refractivity contribution is -0.387. The second-order valence-electron chi connectivity index (χ2n) is 9.91. The van der Waals surface area contributed by atoms with Crippen LogP contribution in [-0.2, 0) is 9.53 Å². The molecule has 7 nitrogen and oxygen atoms in total. The monoisotopic (exact) mass is 486 g/mol. The molecule has 1 aromatic carbocycles. The van der Waals surface area contributed by atoms with Gasteiger partial charge in [-0.25, -0.2) is 9.78 Å². The van der Waals surface area contributed by atoms with Gasteiger partial charge in [-0.05, 0) is 82.3 Å². The maximum absolute atomic E-state index is 13.4. The van der Waals surface area contributed by atoms with Crippen LogP contribution in [0.1, 0.15) is 61.5 Å². The Morgan fingerprint density at radius 2 is 1.85 bits per heavy atom. The lowest BCUT2D eigenvalue weighted by Gasteiger charge is -2.56. The van der Waals surface area contributed by atoms with Crippen molar-refractivity contribution >= 4 is 40.5 Å². The van der Waals surface area contributed by atoms with E-state index in [1.165, 1.54) is 54.5 Å². The minimum Gasteiger partial charge on any atom is -0.451 e. The number of carbonyl (C=O) groups excluding carboxylic acids is 2. The summed E-state index contributed by atoms with van der Waals surface area (Å²) in [7, 11) is 0. The lowest BCUT2D eigenvalue weighted by Crippen LogP contribution is -2.52. The average molecular weight is 487 g/mol.